The molecule has 0 atom stereocenters. The zero-order chi connectivity index (χ0) is 16.5. The average molecular weight is 384 g/mol. The van der Waals surface area contributed by atoms with E-state index in [0.717, 1.165) is 5.56 Å². The first-order chi connectivity index (χ1) is 11.7. The van der Waals surface area contributed by atoms with Crippen molar-refractivity contribution in [2.75, 3.05) is 0 Å². The van der Waals surface area contributed by atoms with E-state index in [2.05, 4.69) is 20.9 Å². The normalized spacial score (nSPS) is 10.9. The largest absolute Gasteiger partial charge is 0.442 e. The lowest BCUT2D eigenvalue weighted by atomic mass is 10.2. The third-order valence-electron chi connectivity index (χ3n) is 3.37. The fourth-order valence-corrected chi connectivity index (χ4v) is 2.56. The number of rotatable bonds is 3. The third kappa shape index (κ3) is 2.83. The summed E-state index contributed by atoms with van der Waals surface area (Å²) in [5.74, 6) is 0.409. The molecular formula is C18H10BrNO4. The number of ether oxygens (including phenoxy) is 1. The Kier molecular flexibility index (Phi) is 3.66. The zero-order valence-electron chi connectivity index (χ0n) is 12.2. The molecule has 0 bridgehead atoms. The van der Waals surface area contributed by atoms with Gasteiger partial charge in [0.05, 0.1) is 0 Å². The number of halogens is 1. The standard InChI is InChI=1S/C18H10BrNO4/c19-16-9-8-14(23-16)18(21)22-12-6-7-13-15(10-12)24-17(20-13)11-4-2-1-3-5-11/h1-10H. The molecule has 0 unspecified atom stereocenters. The Morgan fingerprint density at radius 2 is 1.83 bits per heavy atom. The number of aromatic nitrogens is 1. The maximum Gasteiger partial charge on any atom is 0.379 e. The minimum Gasteiger partial charge on any atom is -0.442 e. The van der Waals surface area contributed by atoms with Crippen molar-refractivity contribution in [3.05, 3.63) is 71.1 Å². The Morgan fingerprint density at radius 1 is 1.00 bits per heavy atom. The number of carbonyl (C=O) groups excluding carboxylic acids is 1. The molecule has 0 spiro atoms. The van der Waals surface area contributed by atoms with E-state index in [0.29, 0.717) is 27.4 Å². The molecule has 0 saturated carbocycles. The van der Waals surface area contributed by atoms with Crippen LogP contribution in [0.3, 0.4) is 0 Å². The van der Waals surface area contributed by atoms with Crippen LogP contribution in [0.4, 0.5) is 0 Å². The minimum absolute atomic E-state index is 0.115. The van der Waals surface area contributed by atoms with Crippen LogP contribution in [0.1, 0.15) is 10.6 Å². The highest BCUT2D eigenvalue weighted by atomic mass is 79.9. The summed E-state index contributed by atoms with van der Waals surface area (Å²) in [6.45, 7) is 0. The second-order valence-electron chi connectivity index (χ2n) is 5.01. The topological polar surface area (TPSA) is 65.5 Å². The van der Waals surface area contributed by atoms with Crippen LogP contribution < -0.4 is 4.74 Å². The lowest BCUT2D eigenvalue weighted by Crippen LogP contribution is -2.06. The van der Waals surface area contributed by atoms with Crippen molar-refractivity contribution in [3.63, 3.8) is 0 Å². The predicted molar refractivity (Wildman–Crippen MR) is 90.8 cm³/mol. The van der Waals surface area contributed by atoms with E-state index in [1.54, 1.807) is 24.3 Å². The molecule has 0 fully saturated rings. The van der Waals surface area contributed by atoms with Crippen molar-refractivity contribution in [2.24, 2.45) is 0 Å². The van der Waals surface area contributed by atoms with Crippen LogP contribution in [0.25, 0.3) is 22.6 Å². The van der Waals surface area contributed by atoms with Gasteiger partial charge in [-0.25, -0.2) is 9.78 Å². The molecule has 0 N–H and O–H groups in total. The van der Waals surface area contributed by atoms with Crippen LogP contribution in [0.5, 0.6) is 5.75 Å². The van der Waals surface area contributed by atoms with Crippen molar-refractivity contribution in [1.29, 1.82) is 0 Å². The zero-order valence-corrected chi connectivity index (χ0v) is 13.8. The Morgan fingerprint density at radius 3 is 2.58 bits per heavy atom. The highest BCUT2D eigenvalue weighted by Crippen LogP contribution is 2.27. The number of oxazole rings is 1. The summed E-state index contributed by atoms with van der Waals surface area (Å²) < 4.78 is 16.7. The molecule has 4 rings (SSSR count). The van der Waals surface area contributed by atoms with Gasteiger partial charge in [0, 0.05) is 11.6 Å². The van der Waals surface area contributed by atoms with Gasteiger partial charge < -0.3 is 13.6 Å². The quantitative estimate of drug-likeness (QED) is 0.365. The van der Waals surface area contributed by atoms with Crippen LogP contribution in [0, 0.1) is 0 Å². The molecular weight excluding hydrogens is 374 g/mol. The summed E-state index contributed by atoms with van der Waals surface area (Å²) >= 11 is 3.15. The molecule has 4 aromatic rings. The number of hydrogen-bond donors (Lipinski definition) is 0. The van der Waals surface area contributed by atoms with Crippen LogP contribution in [-0.2, 0) is 0 Å². The van der Waals surface area contributed by atoms with Crippen LogP contribution >= 0.6 is 15.9 Å². The molecule has 118 valence electrons. The fourth-order valence-electron chi connectivity index (χ4n) is 2.25. The van der Waals surface area contributed by atoms with E-state index in [1.807, 2.05) is 30.3 Å². The average Bonchev–Trinajstić information content (AvgIpc) is 3.21. The number of nitrogens with zero attached hydrogens (tertiary/aromatic N) is 1. The Bertz CT molecular complexity index is 1020. The second-order valence-corrected chi connectivity index (χ2v) is 5.79. The van der Waals surface area contributed by atoms with Crippen molar-refractivity contribution < 1.29 is 18.4 Å². The molecule has 0 radical (unpaired) electrons. The summed E-state index contributed by atoms with van der Waals surface area (Å²) in [5.41, 5.74) is 2.11. The van der Waals surface area contributed by atoms with Gasteiger partial charge in [-0.05, 0) is 52.3 Å². The lowest BCUT2D eigenvalue weighted by molar-refractivity contribution is 0.0700. The van der Waals surface area contributed by atoms with Crippen molar-refractivity contribution in [2.45, 2.75) is 0 Å². The van der Waals surface area contributed by atoms with Crippen molar-refractivity contribution in [3.8, 4) is 17.2 Å². The molecule has 2 aromatic heterocycles. The van der Waals surface area contributed by atoms with Crippen molar-refractivity contribution >= 4 is 33.0 Å². The number of benzene rings is 2. The first-order valence-electron chi connectivity index (χ1n) is 7.12. The molecule has 0 aliphatic heterocycles. The number of furan rings is 1. The van der Waals surface area contributed by atoms with E-state index in [9.17, 15) is 4.79 Å². The molecule has 0 aliphatic rings. The van der Waals surface area contributed by atoms with Crippen LogP contribution in [0.15, 0.2) is 74.2 Å². The highest BCUT2D eigenvalue weighted by molar-refractivity contribution is 9.10. The van der Waals surface area contributed by atoms with E-state index < -0.39 is 5.97 Å². The van der Waals surface area contributed by atoms with E-state index >= 15 is 0 Å². The first-order valence-corrected chi connectivity index (χ1v) is 7.92. The Labute approximate surface area is 145 Å². The van der Waals surface area contributed by atoms with Gasteiger partial charge in [0.2, 0.25) is 11.7 Å². The number of carbonyl (C=O) groups is 1. The SMILES string of the molecule is O=C(Oc1ccc2nc(-c3ccccc3)oc2c1)c1ccc(Br)o1. The van der Waals surface area contributed by atoms with E-state index in [4.69, 9.17) is 13.6 Å². The molecule has 6 heteroatoms. The summed E-state index contributed by atoms with van der Waals surface area (Å²) in [6, 6.07) is 17.8. The van der Waals surface area contributed by atoms with Gasteiger partial charge in [-0.1, -0.05) is 18.2 Å². The number of hydrogen-bond acceptors (Lipinski definition) is 5. The second kappa shape index (κ2) is 5.98. The predicted octanol–water partition coefficient (Wildman–Crippen LogP) is 5.07. The van der Waals surface area contributed by atoms with Crippen LogP contribution in [-0.4, -0.2) is 11.0 Å². The van der Waals surface area contributed by atoms with E-state index in [1.165, 1.54) is 6.07 Å². The molecule has 0 amide bonds. The van der Waals surface area contributed by atoms with Gasteiger partial charge in [0.1, 0.15) is 11.3 Å². The fraction of sp³-hybridized carbons (Fsp3) is 0. The van der Waals surface area contributed by atoms with Gasteiger partial charge in [0.25, 0.3) is 0 Å². The summed E-state index contributed by atoms with van der Waals surface area (Å²) in [7, 11) is 0. The Balaban J connectivity index is 1.62. The Hall–Kier alpha value is -2.86. The maximum absolute atomic E-state index is 12.0. The highest BCUT2D eigenvalue weighted by Gasteiger charge is 2.15. The molecule has 0 saturated heterocycles. The number of esters is 1. The molecule has 5 nitrogen and oxygen atoms in total. The molecule has 0 aliphatic carbocycles. The smallest absolute Gasteiger partial charge is 0.379 e. The molecule has 24 heavy (non-hydrogen) atoms. The van der Waals surface area contributed by atoms with Gasteiger partial charge >= 0.3 is 5.97 Å². The first kappa shape index (κ1) is 14.7. The number of fused-ring (bicyclic) bond motifs is 1. The third-order valence-corrected chi connectivity index (χ3v) is 3.79. The van der Waals surface area contributed by atoms with Gasteiger partial charge in [-0.2, -0.15) is 0 Å². The van der Waals surface area contributed by atoms with Gasteiger partial charge in [0.15, 0.2) is 10.3 Å². The van der Waals surface area contributed by atoms with Gasteiger partial charge in [-0.15, -0.1) is 0 Å². The maximum atomic E-state index is 12.0. The summed E-state index contributed by atoms with van der Waals surface area (Å²) in [4.78, 5) is 16.4. The monoisotopic (exact) mass is 383 g/mol. The summed E-state index contributed by atoms with van der Waals surface area (Å²) in [6.07, 6.45) is 0. The lowest BCUT2D eigenvalue weighted by Gasteiger charge is -2.01. The summed E-state index contributed by atoms with van der Waals surface area (Å²) in [5, 5.41) is 0. The minimum atomic E-state index is -0.581. The van der Waals surface area contributed by atoms with Crippen LogP contribution in [0.2, 0.25) is 0 Å². The van der Waals surface area contributed by atoms with Gasteiger partial charge in [-0.3, -0.25) is 0 Å². The molecule has 2 heterocycles. The van der Waals surface area contributed by atoms with Crippen molar-refractivity contribution in [1.82, 2.24) is 4.98 Å². The molecule has 2 aromatic carbocycles. The van der Waals surface area contributed by atoms with E-state index in [-0.39, 0.29) is 5.76 Å².